The Hall–Kier alpha value is -1.42. The minimum absolute atomic E-state index is 0.0410. The highest BCUT2D eigenvalue weighted by atomic mass is 16.3. The van der Waals surface area contributed by atoms with Crippen LogP contribution in [0.25, 0.3) is 0 Å². The molecule has 0 radical (unpaired) electrons. The van der Waals surface area contributed by atoms with E-state index in [0.29, 0.717) is 17.8 Å². The number of hydrogen-bond acceptors (Lipinski definition) is 3. The van der Waals surface area contributed by atoms with Crippen LogP contribution in [0.2, 0.25) is 0 Å². The molecule has 4 heteroatoms. The van der Waals surface area contributed by atoms with Gasteiger partial charge in [-0.3, -0.25) is 9.78 Å². The molecule has 1 aromatic rings. The molecule has 0 atom stereocenters. The topological polar surface area (TPSA) is 62.2 Å². The SMILES string of the molecule is Cc1ncccc1C(=O)NCC(C)(C)CO. The number of carbonyl (C=O) groups excluding carboxylic acids is 1. The van der Waals surface area contributed by atoms with Crippen molar-refractivity contribution in [2.45, 2.75) is 20.8 Å². The van der Waals surface area contributed by atoms with Crippen molar-refractivity contribution in [3.63, 3.8) is 0 Å². The lowest BCUT2D eigenvalue weighted by Gasteiger charge is -2.21. The van der Waals surface area contributed by atoms with Crippen molar-refractivity contribution in [3.05, 3.63) is 29.6 Å². The van der Waals surface area contributed by atoms with Crippen LogP contribution in [-0.4, -0.2) is 29.1 Å². The monoisotopic (exact) mass is 222 g/mol. The average Bonchev–Trinajstić information content (AvgIpc) is 2.27. The zero-order valence-electron chi connectivity index (χ0n) is 9.95. The number of hydrogen-bond donors (Lipinski definition) is 2. The van der Waals surface area contributed by atoms with Gasteiger partial charge in [-0.1, -0.05) is 13.8 Å². The summed E-state index contributed by atoms with van der Waals surface area (Å²) in [5.41, 5.74) is 0.990. The highest BCUT2D eigenvalue weighted by Crippen LogP contribution is 2.12. The Morgan fingerprint density at radius 1 is 1.56 bits per heavy atom. The van der Waals surface area contributed by atoms with Crippen LogP contribution < -0.4 is 5.32 Å². The van der Waals surface area contributed by atoms with Crippen molar-refractivity contribution >= 4 is 5.91 Å². The molecule has 0 aromatic carbocycles. The number of nitrogens with one attached hydrogen (secondary N) is 1. The fourth-order valence-electron chi connectivity index (χ4n) is 1.19. The van der Waals surface area contributed by atoms with Gasteiger partial charge in [0.1, 0.15) is 0 Å². The molecular weight excluding hydrogens is 204 g/mol. The third kappa shape index (κ3) is 3.31. The summed E-state index contributed by atoms with van der Waals surface area (Å²) in [5.74, 6) is -0.146. The van der Waals surface area contributed by atoms with Crippen LogP contribution in [0.5, 0.6) is 0 Å². The van der Waals surface area contributed by atoms with Crippen LogP contribution in [0, 0.1) is 12.3 Å². The molecule has 0 aliphatic rings. The van der Waals surface area contributed by atoms with Gasteiger partial charge in [0.15, 0.2) is 0 Å². The highest BCUT2D eigenvalue weighted by molar-refractivity contribution is 5.95. The number of aryl methyl sites for hydroxylation is 1. The standard InChI is InChI=1S/C12H18N2O2/c1-9-10(5-4-6-13-9)11(16)14-7-12(2,3)8-15/h4-6,15H,7-8H2,1-3H3,(H,14,16). The molecule has 0 aliphatic heterocycles. The maximum Gasteiger partial charge on any atom is 0.253 e. The Bertz CT molecular complexity index is 375. The van der Waals surface area contributed by atoms with Crippen molar-refractivity contribution < 1.29 is 9.90 Å². The van der Waals surface area contributed by atoms with Gasteiger partial charge in [0.25, 0.3) is 5.91 Å². The second kappa shape index (κ2) is 5.07. The second-order valence-electron chi connectivity index (χ2n) is 4.64. The van der Waals surface area contributed by atoms with Gasteiger partial charge in [-0.05, 0) is 19.1 Å². The maximum atomic E-state index is 11.8. The lowest BCUT2D eigenvalue weighted by molar-refractivity contribution is 0.0910. The van der Waals surface area contributed by atoms with Gasteiger partial charge in [0.2, 0.25) is 0 Å². The van der Waals surface area contributed by atoms with Gasteiger partial charge in [-0.25, -0.2) is 0 Å². The normalized spacial score (nSPS) is 11.2. The fraction of sp³-hybridized carbons (Fsp3) is 0.500. The minimum atomic E-state index is -0.300. The van der Waals surface area contributed by atoms with E-state index < -0.39 is 0 Å². The van der Waals surface area contributed by atoms with Gasteiger partial charge < -0.3 is 10.4 Å². The summed E-state index contributed by atoms with van der Waals surface area (Å²) in [7, 11) is 0. The zero-order chi connectivity index (χ0) is 12.2. The summed E-state index contributed by atoms with van der Waals surface area (Å²) in [6.45, 7) is 6.06. The van der Waals surface area contributed by atoms with Gasteiger partial charge >= 0.3 is 0 Å². The number of aromatic nitrogens is 1. The molecule has 0 bridgehead atoms. The van der Waals surface area contributed by atoms with E-state index in [2.05, 4.69) is 10.3 Å². The molecule has 1 aromatic heterocycles. The lowest BCUT2D eigenvalue weighted by atomic mass is 9.95. The third-order valence-corrected chi connectivity index (χ3v) is 2.41. The van der Waals surface area contributed by atoms with E-state index in [1.807, 2.05) is 13.8 Å². The quantitative estimate of drug-likeness (QED) is 0.803. The van der Waals surface area contributed by atoms with Gasteiger partial charge in [-0.2, -0.15) is 0 Å². The van der Waals surface area contributed by atoms with Crippen molar-refractivity contribution in [2.24, 2.45) is 5.41 Å². The van der Waals surface area contributed by atoms with Crippen LogP contribution in [0.4, 0.5) is 0 Å². The van der Waals surface area contributed by atoms with E-state index in [0.717, 1.165) is 0 Å². The van der Waals surface area contributed by atoms with Gasteiger partial charge in [0, 0.05) is 30.5 Å². The first-order chi connectivity index (χ1) is 7.46. The number of nitrogens with zero attached hydrogens (tertiary/aromatic N) is 1. The van der Waals surface area contributed by atoms with E-state index in [-0.39, 0.29) is 17.9 Å². The van der Waals surface area contributed by atoms with E-state index in [4.69, 9.17) is 5.11 Å². The predicted octanol–water partition coefficient (Wildman–Crippen LogP) is 1.14. The number of carbonyl (C=O) groups is 1. The Kier molecular flexibility index (Phi) is 4.01. The van der Waals surface area contributed by atoms with Gasteiger partial charge in [-0.15, -0.1) is 0 Å². The van der Waals surface area contributed by atoms with E-state index >= 15 is 0 Å². The lowest BCUT2D eigenvalue weighted by Crippen LogP contribution is -2.36. The molecule has 0 aliphatic carbocycles. The minimum Gasteiger partial charge on any atom is -0.396 e. The number of pyridine rings is 1. The molecule has 88 valence electrons. The largest absolute Gasteiger partial charge is 0.396 e. The van der Waals surface area contributed by atoms with Crippen LogP contribution in [0.15, 0.2) is 18.3 Å². The summed E-state index contributed by atoms with van der Waals surface area (Å²) >= 11 is 0. The molecule has 1 amide bonds. The number of aliphatic hydroxyl groups is 1. The number of rotatable bonds is 4. The fourth-order valence-corrected chi connectivity index (χ4v) is 1.19. The van der Waals surface area contributed by atoms with E-state index in [1.54, 1.807) is 25.3 Å². The Balaban J connectivity index is 2.64. The van der Waals surface area contributed by atoms with E-state index in [9.17, 15) is 4.79 Å². The van der Waals surface area contributed by atoms with Crippen LogP contribution in [-0.2, 0) is 0 Å². The second-order valence-corrected chi connectivity index (χ2v) is 4.64. The summed E-state index contributed by atoms with van der Waals surface area (Å²) in [6, 6.07) is 3.47. The molecule has 4 nitrogen and oxygen atoms in total. The summed E-state index contributed by atoms with van der Waals surface area (Å²) in [4.78, 5) is 15.8. The van der Waals surface area contributed by atoms with Crippen molar-refractivity contribution in [1.29, 1.82) is 0 Å². The first-order valence-electron chi connectivity index (χ1n) is 5.27. The third-order valence-electron chi connectivity index (χ3n) is 2.41. The Morgan fingerprint density at radius 2 is 2.25 bits per heavy atom. The molecular formula is C12H18N2O2. The first-order valence-corrected chi connectivity index (χ1v) is 5.27. The van der Waals surface area contributed by atoms with Crippen molar-refractivity contribution in [1.82, 2.24) is 10.3 Å². The molecule has 0 fully saturated rings. The van der Waals surface area contributed by atoms with Crippen LogP contribution in [0.3, 0.4) is 0 Å². The number of amides is 1. The summed E-state index contributed by atoms with van der Waals surface area (Å²) in [5, 5.41) is 11.9. The molecule has 0 spiro atoms. The van der Waals surface area contributed by atoms with Crippen LogP contribution >= 0.6 is 0 Å². The van der Waals surface area contributed by atoms with Crippen molar-refractivity contribution in [3.8, 4) is 0 Å². The van der Waals surface area contributed by atoms with Crippen molar-refractivity contribution in [2.75, 3.05) is 13.2 Å². The Labute approximate surface area is 95.7 Å². The van der Waals surface area contributed by atoms with E-state index in [1.165, 1.54) is 0 Å². The Morgan fingerprint density at radius 3 is 2.81 bits per heavy atom. The molecule has 0 unspecified atom stereocenters. The number of aliphatic hydroxyl groups excluding tert-OH is 1. The summed E-state index contributed by atoms with van der Waals surface area (Å²) < 4.78 is 0. The van der Waals surface area contributed by atoms with Crippen LogP contribution in [0.1, 0.15) is 29.9 Å². The predicted molar refractivity (Wildman–Crippen MR) is 62.2 cm³/mol. The molecule has 1 heterocycles. The molecule has 1 rings (SSSR count). The smallest absolute Gasteiger partial charge is 0.253 e. The highest BCUT2D eigenvalue weighted by Gasteiger charge is 2.18. The molecule has 0 saturated heterocycles. The molecule has 16 heavy (non-hydrogen) atoms. The maximum absolute atomic E-state index is 11.8. The van der Waals surface area contributed by atoms with Gasteiger partial charge in [0.05, 0.1) is 5.56 Å². The molecule has 2 N–H and O–H groups in total. The zero-order valence-corrected chi connectivity index (χ0v) is 9.95. The first kappa shape index (κ1) is 12.6. The molecule has 0 saturated carbocycles. The average molecular weight is 222 g/mol. The summed E-state index contributed by atoms with van der Waals surface area (Å²) in [6.07, 6.45) is 1.66.